The van der Waals surface area contributed by atoms with Gasteiger partial charge in [-0.15, -0.1) is 0 Å². The molecular weight excluding hydrogens is 190 g/mol. The van der Waals surface area contributed by atoms with Crippen LogP contribution in [-0.2, 0) is 9.53 Å². The predicted molar refractivity (Wildman–Crippen MR) is 53.1 cm³/mol. The van der Waals surface area contributed by atoms with Gasteiger partial charge in [0.1, 0.15) is 0 Å². The van der Waals surface area contributed by atoms with Crippen molar-refractivity contribution in [3.63, 3.8) is 0 Å². The van der Waals surface area contributed by atoms with Gasteiger partial charge in [-0.3, -0.25) is 0 Å². The normalized spacial score (nSPS) is 11.6. The number of rotatable bonds is 4. The van der Waals surface area contributed by atoms with Crippen molar-refractivity contribution >= 4 is 23.3 Å². The molecule has 4 heteroatoms. The maximum atomic E-state index is 11.1. The summed E-state index contributed by atoms with van der Waals surface area (Å²) in [6, 6.07) is 0. The lowest BCUT2D eigenvalue weighted by Crippen LogP contribution is -2.14. The summed E-state index contributed by atoms with van der Waals surface area (Å²) < 4.78 is 4.47. The van der Waals surface area contributed by atoms with Crippen LogP contribution in [0.1, 0.15) is 20.3 Å². The molecule has 0 heterocycles. The van der Waals surface area contributed by atoms with Crippen molar-refractivity contribution in [3.8, 4) is 0 Å². The van der Waals surface area contributed by atoms with Crippen LogP contribution in [0.25, 0.3) is 0 Å². The fourth-order valence-corrected chi connectivity index (χ4v) is 1.08. The Morgan fingerprint density at radius 1 is 1.62 bits per heavy atom. The van der Waals surface area contributed by atoms with Gasteiger partial charge in [0.25, 0.3) is 0 Å². The average Bonchev–Trinajstić information content (AvgIpc) is 2.03. The molecule has 13 heavy (non-hydrogen) atoms. The van der Waals surface area contributed by atoms with Gasteiger partial charge < -0.3 is 10.1 Å². The van der Waals surface area contributed by atoms with Crippen LogP contribution >= 0.6 is 11.6 Å². The first-order valence-electron chi connectivity index (χ1n) is 3.99. The molecule has 0 aliphatic rings. The molecule has 0 aliphatic carbocycles. The maximum absolute atomic E-state index is 11.1. The minimum atomic E-state index is -0.555. The molecule has 0 aromatic carbocycles. The number of halogens is 1. The van der Waals surface area contributed by atoms with E-state index in [2.05, 4.69) is 4.74 Å². The molecule has 0 saturated carbocycles. The number of hydrogen-bond donors (Lipinski definition) is 1. The monoisotopic (exact) mass is 203 g/mol. The zero-order valence-corrected chi connectivity index (χ0v) is 8.81. The first kappa shape index (κ1) is 12.2. The molecule has 0 unspecified atom stereocenters. The molecule has 3 nitrogen and oxygen atoms in total. The molecule has 0 saturated heterocycles. The number of nitrogens with one attached hydrogen (secondary N) is 1. The van der Waals surface area contributed by atoms with Crippen LogP contribution in [0.5, 0.6) is 0 Å². The molecule has 0 amide bonds. The van der Waals surface area contributed by atoms with Crippen molar-refractivity contribution in [2.75, 3.05) is 7.11 Å². The maximum Gasteiger partial charge on any atom is 0.340 e. The molecule has 0 aromatic heterocycles. The lowest BCUT2D eigenvalue weighted by Gasteiger charge is -2.07. The second-order valence-corrected chi connectivity index (χ2v) is 3.31. The highest BCUT2D eigenvalue weighted by atomic mass is 35.5. The molecular formula is C9H14ClNO2. The fraction of sp³-hybridized carbons (Fsp3) is 0.556. The van der Waals surface area contributed by atoms with E-state index in [9.17, 15) is 4.79 Å². The Bertz CT molecular complexity index is 234. The number of methoxy groups -OCH3 is 1. The third kappa shape index (κ3) is 4.08. The van der Waals surface area contributed by atoms with Gasteiger partial charge in [0, 0.05) is 11.2 Å². The van der Waals surface area contributed by atoms with Gasteiger partial charge in [0.05, 0.1) is 12.7 Å². The van der Waals surface area contributed by atoms with Crippen LogP contribution in [-0.4, -0.2) is 18.8 Å². The van der Waals surface area contributed by atoms with E-state index < -0.39 is 5.97 Å². The van der Waals surface area contributed by atoms with E-state index in [4.69, 9.17) is 17.0 Å². The highest BCUT2D eigenvalue weighted by molar-refractivity contribution is 6.32. The van der Waals surface area contributed by atoms with Crippen molar-refractivity contribution in [2.45, 2.75) is 20.3 Å². The second kappa shape index (κ2) is 5.75. The van der Waals surface area contributed by atoms with Crippen molar-refractivity contribution in [1.82, 2.24) is 0 Å². The van der Waals surface area contributed by atoms with Gasteiger partial charge >= 0.3 is 5.97 Å². The first-order chi connectivity index (χ1) is 6.02. The summed E-state index contributed by atoms with van der Waals surface area (Å²) in [5, 5.41) is 7.56. The van der Waals surface area contributed by atoms with E-state index in [1.54, 1.807) is 0 Å². The summed E-state index contributed by atoms with van der Waals surface area (Å²) in [5.74, 6) is -0.232. The van der Waals surface area contributed by atoms with Crippen molar-refractivity contribution < 1.29 is 9.53 Å². The summed E-state index contributed by atoms with van der Waals surface area (Å²) >= 11 is 5.42. The molecule has 0 aromatic rings. The Morgan fingerprint density at radius 2 is 2.15 bits per heavy atom. The molecule has 0 spiro atoms. The van der Waals surface area contributed by atoms with Gasteiger partial charge in [-0.2, -0.15) is 0 Å². The van der Waals surface area contributed by atoms with Crippen LogP contribution in [0.2, 0.25) is 0 Å². The molecule has 0 fully saturated rings. The third-order valence-electron chi connectivity index (χ3n) is 1.45. The third-order valence-corrected chi connectivity index (χ3v) is 1.67. The number of hydrogen-bond acceptors (Lipinski definition) is 3. The standard InChI is InChI=1S/C9H14ClNO2/c1-6(2)4-8(11)7(5-10)9(12)13-3/h5-6,11H,4H2,1-3H3/b7-5-,11-8?. The van der Waals surface area contributed by atoms with Gasteiger partial charge in [0.2, 0.25) is 0 Å². The Morgan fingerprint density at radius 3 is 2.46 bits per heavy atom. The molecule has 0 rings (SSSR count). The summed E-state index contributed by atoms with van der Waals surface area (Å²) in [6.07, 6.45) is 0.521. The van der Waals surface area contributed by atoms with Crippen LogP contribution in [0, 0.1) is 11.3 Å². The van der Waals surface area contributed by atoms with E-state index in [0.717, 1.165) is 5.54 Å². The first-order valence-corrected chi connectivity index (χ1v) is 4.43. The molecule has 74 valence electrons. The lowest BCUT2D eigenvalue weighted by atomic mass is 10.0. The summed E-state index contributed by atoms with van der Waals surface area (Å²) in [6.45, 7) is 3.94. The van der Waals surface area contributed by atoms with Gasteiger partial charge in [0.15, 0.2) is 0 Å². The summed E-state index contributed by atoms with van der Waals surface area (Å²) in [4.78, 5) is 11.1. The molecule has 0 atom stereocenters. The smallest absolute Gasteiger partial charge is 0.340 e. The van der Waals surface area contributed by atoms with Gasteiger partial charge in [-0.1, -0.05) is 25.4 Å². The van der Waals surface area contributed by atoms with Crippen LogP contribution < -0.4 is 0 Å². The Hall–Kier alpha value is -0.830. The van der Waals surface area contributed by atoms with E-state index in [1.165, 1.54) is 7.11 Å². The molecule has 0 radical (unpaired) electrons. The van der Waals surface area contributed by atoms with Gasteiger partial charge in [-0.25, -0.2) is 4.79 Å². The highest BCUT2D eigenvalue weighted by Gasteiger charge is 2.15. The predicted octanol–water partition coefficient (Wildman–Crippen LogP) is 2.35. The lowest BCUT2D eigenvalue weighted by molar-refractivity contribution is -0.135. The van der Waals surface area contributed by atoms with Crippen LogP contribution in [0.4, 0.5) is 0 Å². The number of carbonyl (C=O) groups is 1. The Kier molecular flexibility index (Phi) is 5.39. The van der Waals surface area contributed by atoms with Crippen LogP contribution in [0.3, 0.4) is 0 Å². The molecule has 0 bridgehead atoms. The Labute approximate surface area is 83.2 Å². The van der Waals surface area contributed by atoms with E-state index in [1.807, 2.05) is 13.8 Å². The highest BCUT2D eigenvalue weighted by Crippen LogP contribution is 2.10. The zero-order valence-electron chi connectivity index (χ0n) is 8.06. The topological polar surface area (TPSA) is 50.2 Å². The van der Waals surface area contributed by atoms with Crippen LogP contribution in [0.15, 0.2) is 11.1 Å². The largest absolute Gasteiger partial charge is 0.465 e. The van der Waals surface area contributed by atoms with Crippen molar-refractivity contribution in [3.05, 3.63) is 11.1 Å². The molecule has 1 N–H and O–H groups in total. The van der Waals surface area contributed by atoms with Gasteiger partial charge in [-0.05, 0) is 12.3 Å². The zero-order chi connectivity index (χ0) is 10.4. The van der Waals surface area contributed by atoms with Crippen molar-refractivity contribution in [1.29, 1.82) is 5.41 Å². The van der Waals surface area contributed by atoms with E-state index in [-0.39, 0.29) is 11.3 Å². The number of carbonyl (C=O) groups excluding carboxylic acids is 1. The number of esters is 1. The minimum absolute atomic E-state index is 0.137. The van der Waals surface area contributed by atoms with Crippen molar-refractivity contribution in [2.24, 2.45) is 5.92 Å². The van der Waals surface area contributed by atoms with E-state index in [0.29, 0.717) is 12.3 Å². The second-order valence-electron chi connectivity index (χ2n) is 3.09. The number of ether oxygens (including phenoxy) is 1. The quantitative estimate of drug-likeness (QED) is 0.433. The summed E-state index contributed by atoms with van der Waals surface area (Å²) in [7, 11) is 1.27. The summed E-state index contributed by atoms with van der Waals surface area (Å²) in [5.41, 5.74) is 1.45. The SMILES string of the molecule is COC(=O)/C(=C\Cl)C(=N)CC(C)C. The fourth-order valence-electron chi connectivity index (χ4n) is 0.862. The minimum Gasteiger partial charge on any atom is -0.465 e. The molecule has 0 aliphatic heterocycles. The Balaban J connectivity index is 4.44. The van der Waals surface area contributed by atoms with E-state index >= 15 is 0 Å². The average molecular weight is 204 g/mol.